The van der Waals surface area contributed by atoms with Crippen LogP contribution in [0.5, 0.6) is 5.75 Å². The Balaban J connectivity index is 3.27. The third-order valence-corrected chi connectivity index (χ3v) is 1.73. The molecule has 0 aromatic heterocycles. The quantitative estimate of drug-likeness (QED) is 0.366. The van der Waals surface area contributed by atoms with E-state index in [1.54, 1.807) is 0 Å². The van der Waals surface area contributed by atoms with E-state index in [1.807, 2.05) is 0 Å². The average Bonchev–Trinajstić information content (AvgIpc) is 2.10. The van der Waals surface area contributed by atoms with E-state index < -0.39 is 17.6 Å². The lowest BCUT2D eigenvalue weighted by molar-refractivity contribution is 0.424. The summed E-state index contributed by atoms with van der Waals surface area (Å²) in [4.78, 5) is 0. The first-order valence-corrected chi connectivity index (χ1v) is 3.72. The minimum absolute atomic E-state index is 0.225. The summed E-state index contributed by atoms with van der Waals surface area (Å²) in [5, 5.41) is 9.27. The van der Waals surface area contributed by atoms with Crippen LogP contribution in [0.1, 0.15) is 11.6 Å². The number of nitrogens with two attached hydrogens (primary N) is 2. The van der Waals surface area contributed by atoms with Crippen LogP contribution in [0.3, 0.4) is 0 Å². The SMILES string of the molecule is C=C[C@@H](N)c1cc(N)cc(F)c1O. The maximum Gasteiger partial charge on any atom is 0.167 e. The first-order chi connectivity index (χ1) is 6.06. The lowest BCUT2D eigenvalue weighted by atomic mass is 10.1. The summed E-state index contributed by atoms with van der Waals surface area (Å²) >= 11 is 0. The lowest BCUT2D eigenvalue weighted by Gasteiger charge is -2.10. The zero-order valence-electron chi connectivity index (χ0n) is 7.00. The fourth-order valence-corrected chi connectivity index (χ4v) is 1.02. The molecular formula is C9H11FN2O. The Hall–Kier alpha value is -1.55. The van der Waals surface area contributed by atoms with Gasteiger partial charge in [0.2, 0.25) is 0 Å². The molecule has 70 valence electrons. The highest BCUT2D eigenvalue weighted by atomic mass is 19.1. The van der Waals surface area contributed by atoms with Crippen LogP contribution in [0.15, 0.2) is 24.8 Å². The second-order valence-electron chi connectivity index (χ2n) is 2.70. The molecule has 0 amide bonds. The van der Waals surface area contributed by atoms with E-state index >= 15 is 0 Å². The van der Waals surface area contributed by atoms with E-state index in [-0.39, 0.29) is 11.3 Å². The van der Waals surface area contributed by atoms with Crippen molar-refractivity contribution in [1.82, 2.24) is 0 Å². The summed E-state index contributed by atoms with van der Waals surface area (Å²) in [5.41, 5.74) is 11.4. The fraction of sp³-hybridized carbons (Fsp3) is 0.111. The predicted octanol–water partition coefficient (Wildman–Crippen LogP) is 1.30. The summed E-state index contributed by atoms with van der Waals surface area (Å²) < 4.78 is 12.9. The first-order valence-electron chi connectivity index (χ1n) is 3.72. The summed E-state index contributed by atoms with van der Waals surface area (Å²) in [7, 11) is 0. The molecule has 0 unspecified atom stereocenters. The Bertz CT molecular complexity index is 339. The number of halogens is 1. The Morgan fingerprint density at radius 3 is 2.69 bits per heavy atom. The van der Waals surface area contributed by atoms with E-state index in [1.165, 1.54) is 12.1 Å². The number of phenols is 1. The summed E-state index contributed by atoms with van der Waals surface area (Å²) in [6, 6.07) is 1.84. The predicted molar refractivity (Wildman–Crippen MR) is 49.6 cm³/mol. The second-order valence-corrected chi connectivity index (χ2v) is 2.70. The molecular weight excluding hydrogens is 171 g/mol. The summed E-state index contributed by atoms with van der Waals surface area (Å²) in [6.07, 6.45) is 1.40. The van der Waals surface area contributed by atoms with Crippen LogP contribution in [0.4, 0.5) is 10.1 Å². The number of hydrogen-bond donors (Lipinski definition) is 3. The monoisotopic (exact) mass is 182 g/mol. The van der Waals surface area contributed by atoms with Gasteiger partial charge < -0.3 is 16.6 Å². The van der Waals surface area contributed by atoms with E-state index in [9.17, 15) is 9.50 Å². The molecule has 0 aliphatic carbocycles. The molecule has 0 aliphatic heterocycles. The van der Waals surface area contributed by atoms with Gasteiger partial charge in [0, 0.05) is 17.3 Å². The second kappa shape index (κ2) is 3.45. The van der Waals surface area contributed by atoms with E-state index in [2.05, 4.69) is 6.58 Å². The molecule has 0 heterocycles. The molecule has 0 radical (unpaired) electrons. The van der Waals surface area contributed by atoms with Gasteiger partial charge in [-0.2, -0.15) is 0 Å². The van der Waals surface area contributed by atoms with E-state index in [0.29, 0.717) is 0 Å². The summed E-state index contributed by atoms with van der Waals surface area (Å²) in [6.45, 7) is 3.44. The molecule has 1 atom stereocenters. The van der Waals surface area contributed by atoms with Gasteiger partial charge in [-0.05, 0) is 6.07 Å². The van der Waals surface area contributed by atoms with Crippen molar-refractivity contribution in [3.8, 4) is 5.75 Å². The minimum Gasteiger partial charge on any atom is -0.505 e. The maximum absolute atomic E-state index is 12.9. The Morgan fingerprint density at radius 2 is 2.15 bits per heavy atom. The standard InChI is InChI=1S/C9H11FN2O/c1-2-8(12)6-3-5(11)4-7(10)9(6)13/h2-4,8,13H,1,11-12H2/t8-/m1/s1. The number of nitrogen functional groups attached to an aromatic ring is 1. The molecule has 5 N–H and O–H groups in total. The Kier molecular flexibility index (Phi) is 2.53. The highest BCUT2D eigenvalue weighted by Gasteiger charge is 2.12. The topological polar surface area (TPSA) is 72.3 Å². The van der Waals surface area contributed by atoms with Gasteiger partial charge in [0.25, 0.3) is 0 Å². The van der Waals surface area contributed by atoms with Gasteiger partial charge in [0.15, 0.2) is 11.6 Å². The van der Waals surface area contributed by atoms with Crippen molar-refractivity contribution < 1.29 is 9.50 Å². The zero-order chi connectivity index (χ0) is 10.0. The third kappa shape index (κ3) is 1.78. The molecule has 0 saturated carbocycles. The molecule has 1 aromatic carbocycles. The number of benzene rings is 1. The van der Waals surface area contributed by atoms with Crippen LogP contribution in [-0.4, -0.2) is 5.11 Å². The minimum atomic E-state index is -0.771. The number of aromatic hydroxyl groups is 1. The van der Waals surface area contributed by atoms with Crippen molar-refractivity contribution in [3.05, 3.63) is 36.2 Å². The van der Waals surface area contributed by atoms with Gasteiger partial charge in [-0.3, -0.25) is 0 Å². The normalized spacial score (nSPS) is 12.5. The largest absolute Gasteiger partial charge is 0.505 e. The van der Waals surface area contributed by atoms with Crippen molar-refractivity contribution in [2.75, 3.05) is 5.73 Å². The van der Waals surface area contributed by atoms with Gasteiger partial charge in [-0.25, -0.2) is 4.39 Å². The molecule has 0 aliphatic rings. The van der Waals surface area contributed by atoms with E-state index in [0.717, 1.165) is 6.07 Å². The van der Waals surface area contributed by atoms with Gasteiger partial charge in [-0.15, -0.1) is 6.58 Å². The van der Waals surface area contributed by atoms with Crippen LogP contribution < -0.4 is 11.5 Å². The van der Waals surface area contributed by atoms with Crippen LogP contribution in [0.2, 0.25) is 0 Å². The average molecular weight is 182 g/mol. The highest BCUT2D eigenvalue weighted by Crippen LogP contribution is 2.28. The Labute approximate surface area is 75.5 Å². The van der Waals surface area contributed by atoms with Crippen molar-refractivity contribution in [2.45, 2.75) is 6.04 Å². The van der Waals surface area contributed by atoms with Crippen LogP contribution in [0, 0.1) is 5.82 Å². The summed E-state index contributed by atoms with van der Waals surface area (Å²) in [5.74, 6) is -1.24. The maximum atomic E-state index is 12.9. The molecule has 3 nitrogen and oxygen atoms in total. The van der Waals surface area contributed by atoms with Crippen molar-refractivity contribution >= 4 is 5.69 Å². The number of hydrogen-bond acceptors (Lipinski definition) is 3. The van der Waals surface area contributed by atoms with Crippen molar-refractivity contribution in [1.29, 1.82) is 0 Å². The third-order valence-electron chi connectivity index (χ3n) is 1.73. The van der Waals surface area contributed by atoms with Gasteiger partial charge in [-0.1, -0.05) is 6.08 Å². The number of rotatable bonds is 2. The van der Waals surface area contributed by atoms with Crippen LogP contribution >= 0.6 is 0 Å². The highest BCUT2D eigenvalue weighted by molar-refractivity contribution is 5.50. The molecule has 0 spiro atoms. The van der Waals surface area contributed by atoms with Crippen LogP contribution in [-0.2, 0) is 0 Å². The first kappa shape index (κ1) is 9.54. The molecule has 0 bridgehead atoms. The molecule has 0 saturated heterocycles. The van der Waals surface area contributed by atoms with Crippen molar-refractivity contribution in [3.63, 3.8) is 0 Å². The van der Waals surface area contributed by atoms with Crippen LogP contribution in [0.25, 0.3) is 0 Å². The molecule has 0 fully saturated rings. The fourth-order valence-electron chi connectivity index (χ4n) is 1.02. The smallest absolute Gasteiger partial charge is 0.167 e. The van der Waals surface area contributed by atoms with Crippen molar-refractivity contribution in [2.24, 2.45) is 5.73 Å². The number of phenolic OH excluding ortho intramolecular Hbond substituents is 1. The molecule has 4 heteroatoms. The molecule has 1 rings (SSSR count). The Morgan fingerprint density at radius 1 is 1.54 bits per heavy atom. The van der Waals surface area contributed by atoms with Gasteiger partial charge >= 0.3 is 0 Å². The molecule has 13 heavy (non-hydrogen) atoms. The zero-order valence-corrected chi connectivity index (χ0v) is 7.00. The van der Waals surface area contributed by atoms with Gasteiger partial charge in [0.1, 0.15) is 0 Å². The number of anilines is 1. The van der Waals surface area contributed by atoms with Gasteiger partial charge in [0.05, 0.1) is 6.04 Å². The lowest BCUT2D eigenvalue weighted by Crippen LogP contribution is -2.08. The van der Waals surface area contributed by atoms with E-state index in [4.69, 9.17) is 11.5 Å². The molecule has 1 aromatic rings.